The molecule has 0 atom stereocenters. The molecule has 0 radical (unpaired) electrons. The lowest BCUT2D eigenvalue weighted by atomic mass is 9.76. The van der Waals surface area contributed by atoms with Crippen LogP contribution in [0.3, 0.4) is 0 Å². The smallest absolute Gasteiger partial charge is 0.416 e. The molecular weight excluding hydrogens is 1120 g/mol. The zero-order valence-corrected chi connectivity index (χ0v) is 53.0. The normalized spacial score (nSPS) is 18.0. The molecule has 1 fully saturated rings. The lowest BCUT2D eigenvalue weighted by molar-refractivity contribution is -0.137. The highest BCUT2D eigenvalue weighted by atomic mass is 79.9. The molecule has 0 bridgehead atoms. The van der Waals surface area contributed by atoms with Gasteiger partial charge in [0, 0.05) is 71.1 Å². The lowest BCUT2D eigenvalue weighted by Gasteiger charge is -2.34. The van der Waals surface area contributed by atoms with E-state index in [1.165, 1.54) is 38.6 Å². The van der Waals surface area contributed by atoms with E-state index in [9.17, 15) is 36.7 Å². The molecule has 5 heterocycles. The summed E-state index contributed by atoms with van der Waals surface area (Å²) in [6.45, 7) is 39.6. The van der Waals surface area contributed by atoms with Crippen molar-refractivity contribution in [3.63, 3.8) is 0 Å². The van der Waals surface area contributed by atoms with E-state index in [1.54, 1.807) is 42.7 Å². The molecule has 1 spiro atoms. The Morgan fingerprint density at radius 3 is 1.39 bits per heavy atom. The van der Waals surface area contributed by atoms with Gasteiger partial charge in [-0.15, -0.1) is 0 Å². The zero-order chi connectivity index (χ0) is 61.7. The van der Waals surface area contributed by atoms with Crippen LogP contribution in [0, 0.1) is 12.7 Å². The molecular formula is C64H85BrF4N4O9. The fourth-order valence-electron chi connectivity index (χ4n) is 11.1. The number of carbonyl (C=O) groups excluding carboxylic acids is 4. The molecule has 1 saturated heterocycles. The number of anilines is 4. The summed E-state index contributed by atoms with van der Waals surface area (Å²) in [5, 5.41) is 0. The van der Waals surface area contributed by atoms with E-state index >= 15 is 0 Å². The lowest BCUT2D eigenvalue weighted by Crippen LogP contribution is -2.42. The van der Waals surface area contributed by atoms with Gasteiger partial charge in [-0.05, 0) is 168 Å². The van der Waals surface area contributed by atoms with Gasteiger partial charge in [-0.1, -0.05) is 87.8 Å². The number of benzene rings is 4. The Labute approximate surface area is 491 Å². The van der Waals surface area contributed by atoms with Crippen molar-refractivity contribution >= 4 is 63.1 Å². The van der Waals surface area contributed by atoms with Gasteiger partial charge < -0.3 is 23.7 Å². The topological polar surface area (TPSA) is 127 Å². The Hall–Kier alpha value is -5.88. The van der Waals surface area contributed by atoms with Gasteiger partial charge in [0.05, 0.1) is 28.3 Å². The molecule has 5 aliphatic rings. The first-order valence-corrected chi connectivity index (χ1v) is 28.7. The molecule has 0 saturated carbocycles. The SMILES string of the molecule is CC(C)(C)OC(=O)N1CC(C)(C)c2c(F)cccc21.CC(C)(C)OC(=O)N1CC(C)(C)c2ccc(C(F)(F)F)cc21.CC(C)(C)OC(=O)N1CC2(CCOCC2)c2ccccc21.Cc1c(Br)ccc2c1C(C)(C)CN2C(=O)OC(C)(C)C. The minimum absolute atomic E-state index is 0.0335. The summed E-state index contributed by atoms with van der Waals surface area (Å²) in [6.07, 6.45) is -4.10. The van der Waals surface area contributed by atoms with Crippen LogP contribution in [-0.2, 0) is 51.5 Å². The van der Waals surface area contributed by atoms with E-state index in [2.05, 4.69) is 48.8 Å². The van der Waals surface area contributed by atoms with Gasteiger partial charge in [0.1, 0.15) is 28.2 Å². The van der Waals surface area contributed by atoms with Gasteiger partial charge in [0.15, 0.2) is 0 Å². The number of alkyl halides is 3. The van der Waals surface area contributed by atoms with Crippen molar-refractivity contribution in [1.82, 2.24) is 0 Å². The molecule has 9 rings (SSSR count). The Kier molecular flexibility index (Phi) is 18.5. The summed E-state index contributed by atoms with van der Waals surface area (Å²) in [5.74, 6) is -0.270. The average Bonchev–Trinajstić information content (AvgIpc) is 3.94. The summed E-state index contributed by atoms with van der Waals surface area (Å²) < 4.78 is 81.1. The molecule has 450 valence electrons. The van der Waals surface area contributed by atoms with Crippen molar-refractivity contribution in [2.75, 3.05) is 59.0 Å². The number of ether oxygens (including phenoxy) is 5. The standard InChI is InChI=1S/C17H23NO3.C16H22BrNO2.C16H20F3NO2.C15H20FNO2/c1-16(2,3)21-15(19)18-12-17(8-10-20-11-9-17)13-6-4-5-7-14(13)18;1-10-11(17)7-8-12-13(10)16(5,6)9-18(12)14(19)20-15(2,3)4;1-14(2,3)22-13(21)20-9-15(4,5)11-7-6-10(8-12(11)20)16(17,18)19;1-14(2,3)19-13(18)17-9-15(4,5)12-10(16)7-6-8-11(12)17/h4-7H,8-12H2,1-3H3;7-8H,9H2,1-6H3;6-8H,9H2,1-5H3;6-8H,9H2,1-5H3. The minimum Gasteiger partial charge on any atom is -0.443 e. The predicted octanol–water partition coefficient (Wildman–Crippen LogP) is 16.9. The summed E-state index contributed by atoms with van der Waals surface area (Å²) in [5.41, 5.74) is 3.97. The molecule has 18 heteroatoms. The molecule has 4 amide bonds. The van der Waals surface area contributed by atoms with Gasteiger partial charge in [0.2, 0.25) is 0 Å². The van der Waals surface area contributed by atoms with Crippen LogP contribution in [0.2, 0.25) is 0 Å². The van der Waals surface area contributed by atoms with Crippen molar-refractivity contribution in [3.05, 3.63) is 116 Å². The second kappa shape index (κ2) is 23.3. The second-order valence-electron chi connectivity index (χ2n) is 27.8. The van der Waals surface area contributed by atoms with E-state index < -0.39 is 57.2 Å². The first-order valence-electron chi connectivity index (χ1n) is 27.9. The third-order valence-corrected chi connectivity index (χ3v) is 15.3. The van der Waals surface area contributed by atoms with Crippen LogP contribution in [0.5, 0.6) is 0 Å². The van der Waals surface area contributed by atoms with Crippen LogP contribution in [0.1, 0.15) is 171 Å². The van der Waals surface area contributed by atoms with Crippen molar-refractivity contribution in [3.8, 4) is 0 Å². The zero-order valence-electron chi connectivity index (χ0n) is 51.4. The summed E-state index contributed by atoms with van der Waals surface area (Å²) in [4.78, 5) is 55.8. The Morgan fingerprint density at radius 1 is 0.500 bits per heavy atom. The van der Waals surface area contributed by atoms with E-state index in [0.29, 0.717) is 43.0 Å². The third-order valence-electron chi connectivity index (χ3n) is 14.4. The first kappa shape index (κ1) is 65.3. The highest BCUT2D eigenvalue weighted by molar-refractivity contribution is 9.10. The largest absolute Gasteiger partial charge is 0.443 e. The van der Waals surface area contributed by atoms with Crippen molar-refractivity contribution in [2.24, 2.45) is 0 Å². The van der Waals surface area contributed by atoms with Crippen LogP contribution in [0.4, 0.5) is 59.5 Å². The van der Waals surface area contributed by atoms with Gasteiger partial charge >= 0.3 is 30.5 Å². The number of nitrogens with zero attached hydrogens (tertiary/aromatic N) is 4. The number of halogens is 5. The number of hydrogen-bond donors (Lipinski definition) is 0. The molecule has 4 aromatic carbocycles. The molecule has 4 aromatic rings. The maximum absolute atomic E-state index is 14.0. The van der Waals surface area contributed by atoms with E-state index in [-0.39, 0.29) is 34.5 Å². The Bertz CT molecular complexity index is 3030. The highest BCUT2D eigenvalue weighted by Crippen LogP contribution is 2.49. The molecule has 5 aliphatic heterocycles. The molecule has 0 aliphatic carbocycles. The Balaban J connectivity index is 0.000000176. The number of fused-ring (bicyclic) bond motifs is 5. The van der Waals surface area contributed by atoms with Crippen LogP contribution in [-0.4, -0.2) is 86.2 Å². The van der Waals surface area contributed by atoms with Crippen molar-refractivity contribution in [2.45, 2.75) is 195 Å². The fourth-order valence-corrected chi connectivity index (χ4v) is 11.4. The Morgan fingerprint density at radius 2 is 0.915 bits per heavy atom. The quantitative estimate of drug-likeness (QED) is 0.125. The third kappa shape index (κ3) is 15.3. The maximum Gasteiger partial charge on any atom is 0.416 e. The maximum atomic E-state index is 14.0. The first-order chi connectivity index (χ1) is 37.4. The molecule has 0 N–H and O–H groups in total. The fraction of sp³-hybridized carbons (Fsp3) is 0.562. The summed E-state index contributed by atoms with van der Waals surface area (Å²) in [6, 6.07) is 20.5. The number of para-hydroxylation sites is 1. The van der Waals surface area contributed by atoms with Gasteiger partial charge in [0.25, 0.3) is 0 Å². The summed E-state index contributed by atoms with van der Waals surface area (Å²) in [7, 11) is 0. The van der Waals surface area contributed by atoms with E-state index in [4.69, 9.17) is 23.7 Å². The predicted molar refractivity (Wildman–Crippen MR) is 318 cm³/mol. The van der Waals surface area contributed by atoms with Crippen LogP contribution in [0.15, 0.2) is 77.3 Å². The average molecular weight is 1210 g/mol. The summed E-state index contributed by atoms with van der Waals surface area (Å²) >= 11 is 3.57. The van der Waals surface area contributed by atoms with Crippen LogP contribution in [0.25, 0.3) is 0 Å². The van der Waals surface area contributed by atoms with Gasteiger partial charge in [-0.3, -0.25) is 19.6 Å². The monoisotopic (exact) mass is 1210 g/mol. The second-order valence-corrected chi connectivity index (χ2v) is 28.6. The molecule has 0 aromatic heterocycles. The van der Waals surface area contributed by atoms with E-state index in [0.717, 1.165) is 54.0 Å². The molecule has 0 unspecified atom stereocenters. The van der Waals surface area contributed by atoms with Crippen LogP contribution >= 0.6 is 15.9 Å². The van der Waals surface area contributed by atoms with Gasteiger partial charge in [-0.25, -0.2) is 23.6 Å². The number of hydrogen-bond acceptors (Lipinski definition) is 9. The number of carbonyl (C=O) groups is 4. The van der Waals surface area contributed by atoms with Crippen molar-refractivity contribution in [1.29, 1.82) is 0 Å². The highest BCUT2D eigenvalue weighted by Gasteiger charge is 2.48. The number of amides is 4. The molecule has 82 heavy (non-hydrogen) atoms. The van der Waals surface area contributed by atoms with Crippen LogP contribution < -0.4 is 19.6 Å². The van der Waals surface area contributed by atoms with Crippen molar-refractivity contribution < 1.29 is 60.4 Å². The number of rotatable bonds is 0. The van der Waals surface area contributed by atoms with Gasteiger partial charge in [-0.2, -0.15) is 13.2 Å². The molecule has 13 nitrogen and oxygen atoms in total. The minimum atomic E-state index is -4.44. The van der Waals surface area contributed by atoms with E-state index in [1.807, 2.05) is 114 Å².